The number of aliphatic hydroxyl groups is 2. The first-order valence-electron chi connectivity index (χ1n) is 9.55. The molecule has 7 nitrogen and oxygen atoms in total. The lowest BCUT2D eigenvalue weighted by atomic mass is 9.71. The summed E-state index contributed by atoms with van der Waals surface area (Å²) in [4.78, 5) is 0. The van der Waals surface area contributed by atoms with E-state index in [0.29, 0.717) is 28.7 Å². The van der Waals surface area contributed by atoms with E-state index in [4.69, 9.17) is 23.7 Å². The van der Waals surface area contributed by atoms with Gasteiger partial charge in [0.25, 0.3) is 0 Å². The lowest BCUT2D eigenvalue weighted by Gasteiger charge is -2.35. The minimum Gasteiger partial charge on any atom is -0.493 e. The maximum absolute atomic E-state index is 10.3. The van der Waals surface area contributed by atoms with Crippen molar-refractivity contribution in [2.45, 2.75) is 5.92 Å². The SMILES string of the molecule is COc1ccc([C@@H]2c3c(cc(OC)c(OC)c3OC)C=C(CO)[C@H]2CO)cc1OC. The molecule has 0 aromatic heterocycles. The average Bonchev–Trinajstić information content (AvgIpc) is 2.80. The molecule has 30 heavy (non-hydrogen) atoms. The van der Waals surface area contributed by atoms with Gasteiger partial charge in [-0.15, -0.1) is 0 Å². The van der Waals surface area contributed by atoms with E-state index in [1.807, 2.05) is 30.3 Å². The number of aliphatic hydroxyl groups excluding tert-OH is 2. The van der Waals surface area contributed by atoms with Gasteiger partial charge in [0, 0.05) is 17.4 Å². The summed E-state index contributed by atoms with van der Waals surface area (Å²) >= 11 is 0. The second kappa shape index (κ2) is 9.28. The van der Waals surface area contributed by atoms with E-state index in [-0.39, 0.29) is 25.0 Å². The number of hydrogen-bond acceptors (Lipinski definition) is 7. The monoisotopic (exact) mass is 416 g/mol. The van der Waals surface area contributed by atoms with Crippen molar-refractivity contribution in [2.75, 3.05) is 48.8 Å². The van der Waals surface area contributed by atoms with Crippen LogP contribution in [0, 0.1) is 5.92 Å². The van der Waals surface area contributed by atoms with Crippen LogP contribution in [-0.2, 0) is 0 Å². The van der Waals surface area contributed by atoms with Crippen LogP contribution in [0.4, 0.5) is 0 Å². The number of ether oxygens (including phenoxy) is 5. The molecule has 2 N–H and O–H groups in total. The van der Waals surface area contributed by atoms with Crippen molar-refractivity contribution >= 4 is 6.08 Å². The van der Waals surface area contributed by atoms with Crippen LogP contribution in [0.25, 0.3) is 6.08 Å². The molecule has 0 amide bonds. The average molecular weight is 416 g/mol. The fourth-order valence-corrected chi connectivity index (χ4v) is 4.19. The van der Waals surface area contributed by atoms with Gasteiger partial charge in [-0.05, 0) is 34.9 Å². The molecule has 0 fully saturated rings. The van der Waals surface area contributed by atoms with Crippen LogP contribution < -0.4 is 23.7 Å². The van der Waals surface area contributed by atoms with Crippen LogP contribution in [-0.4, -0.2) is 59.0 Å². The molecule has 0 aliphatic heterocycles. The zero-order chi connectivity index (χ0) is 21.8. The number of fused-ring (bicyclic) bond motifs is 1. The molecule has 0 unspecified atom stereocenters. The Bertz CT molecular complexity index is 936. The number of methoxy groups -OCH3 is 5. The molecule has 7 heteroatoms. The van der Waals surface area contributed by atoms with E-state index >= 15 is 0 Å². The van der Waals surface area contributed by atoms with Crippen LogP contribution in [0.3, 0.4) is 0 Å². The fraction of sp³-hybridized carbons (Fsp3) is 0.391. The van der Waals surface area contributed by atoms with E-state index in [1.165, 1.54) is 0 Å². The molecule has 0 saturated heterocycles. The number of hydrogen-bond donors (Lipinski definition) is 2. The van der Waals surface area contributed by atoms with Gasteiger partial charge in [-0.3, -0.25) is 0 Å². The van der Waals surface area contributed by atoms with Gasteiger partial charge in [0.05, 0.1) is 48.8 Å². The van der Waals surface area contributed by atoms with Gasteiger partial charge in [0.1, 0.15) is 0 Å². The van der Waals surface area contributed by atoms with E-state index < -0.39 is 0 Å². The van der Waals surface area contributed by atoms with Crippen molar-refractivity contribution in [3.63, 3.8) is 0 Å². The first kappa shape index (κ1) is 21.8. The predicted octanol–water partition coefficient (Wildman–Crippen LogP) is 2.86. The lowest BCUT2D eigenvalue weighted by molar-refractivity contribution is 0.213. The molecule has 0 radical (unpaired) electrons. The second-order valence-corrected chi connectivity index (χ2v) is 6.91. The Kier molecular flexibility index (Phi) is 6.74. The van der Waals surface area contributed by atoms with Crippen molar-refractivity contribution in [1.82, 2.24) is 0 Å². The lowest BCUT2D eigenvalue weighted by Crippen LogP contribution is -2.26. The van der Waals surface area contributed by atoms with E-state index in [2.05, 4.69) is 0 Å². The molecule has 1 aliphatic carbocycles. The fourth-order valence-electron chi connectivity index (χ4n) is 4.19. The van der Waals surface area contributed by atoms with Gasteiger partial charge in [-0.2, -0.15) is 0 Å². The van der Waals surface area contributed by atoms with Crippen molar-refractivity contribution in [3.8, 4) is 28.7 Å². The molecule has 2 aromatic carbocycles. The highest BCUT2D eigenvalue weighted by Crippen LogP contribution is 2.53. The standard InChI is InChI=1S/C23H28O7/c1-26-17-7-6-13(9-18(17)27-2)20-16(12-25)15(11-24)8-14-10-19(28-3)22(29-4)23(30-5)21(14)20/h6-10,16,20,24-25H,11-12H2,1-5H3/t16-,20+/m1/s1. The van der Waals surface area contributed by atoms with Gasteiger partial charge < -0.3 is 33.9 Å². The summed E-state index contributed by atoms with van der Waals surface area (Å²) < 4.78 is 27.7. The predicted molar refractivity (Wildman–Crippen MR) is 113 cm³/mol. The highest BCUT2D eigenvalue weighted by molar-refractivity contribution is 5.73. The maximum atomic E-state index is 10.3. The Morgan fingerprint density at radius 1 is 0.767 bits per heavy atom. The molecule has 2 aromatic rings. The van der Waals surface area contributed by atoms with E-state index in [0.717, 1.165) is 22.3 Å². The molecule has 162 valence electrons. The highest BCUT2D eigenvalue weighted by atomic mass is 16.5. The van der Waals surface area contributed by atoms with Gasteiger partial charge in [-0.25, -0.2) is 0 Å². The molecule has 0 spiro atoms. The Morgan fingerprint density at radius 3 is 1.97 bits per heavy atom. The molecule has 0 heterocycles. The number of benzene rings is 2. The van der Waals surface area contributed by atoms with Crippen molar-refractivity contribution in [2.24, 2.45) is 5.92 Å². The largest absolute Gasteiger partial charge is 0.493 e. The quantitative estimate of drug-likeness (QED) is 0.684. The van der Waals surface area contributed by atoms with Crippen LogP contribution in [0.5, 0.6) is 28.7 Å². The minimum absolute atomic E-state index is 0.150. The Labute approximate surface area is 176 Å². The highest BCUT2D eigenvalue weighted by Gasteiger charge is 2.37. The van der Waals surface area contributed by atoms with Crippen molar-refractivity contribution in [3.05, 3.63) is 46.5 Å². The minimum atomic E-state index is -0.354. The third-order valence-electron chi connectivity index (χ3n) is 5.58. The summed E-state index contributed by atoms with van der Waals surface area (Å²) in [6.07, 6.45) is 1.87. The maximum Gasteiger partial charge on any atom is 0.203 e. The molecule has 2 atom stereocenters. The van der Waals surface area contributed by atoms with Crippen molar-refractivity contribution in [1.29, 1.82) is 0 Å². The first-order valence-corrected chi connectivity index (χ1v) is 9.55. The zero-order valence-electron chi connectivity index (χ0n) is 17.9. The molecule has 0 bridgehead atoms. The Morgan fingerprint density at radius 2 is 1.43 bits per heavy atom. The Balaban J connectivity index is 2.34. The molecule has 0 saturated carbocycles. The van der Waals surface area contributed by atoms with Crippen LogP contribution in [0.1, 0.15) is 22.6 Å². The summed E-state index contributed by atoms with van der Waals surface area (Å²) in [6.45, 7) is -0.326. The molecule has 1 aliphatic rings. The first-order chi connectivity index (χ1) is 14.6. The van der Waals surface area contributed by atoms with Gasteiger partial charge in [0.2, 0.25) is 5.75 Å². The van der Waals surface area contributed by atoms with Crippen LogP contribution in [0.15, 0.2) is 29.8 Å². The second-order valence-electron chi connectivity index (χ2n) is 6.91. The molecular weight excluding hydrogens is 388 g/mol. The Hall–Kier alpha value is -2.90. The van der Waals surface area contributed by atoms with Gasteiger partial charge in [0.15, 0.2) is 23.0 Å². The zero-order valence-corrected chi connectivity index (χ0v) is 17.9. The van der Waals surface area contributed by atoms with Gasteiger partial charge in [-0.1, -0.05) is 12.1 Å². The molecular formula is C23H28O7. The topological polar surface area (TPSA) is 86.6 Å². The van der Waals surface area contributed by atoms with Crippen molar-refractivity contribution < 1.29 is 33.9 Å². The van der Waals surface area contributed by atoms with E-state index in [9.17, 15) is 10.2 Å². The summed E-state index contributed by atoms with van der Waals surface area (Å²) in [6, 6.07) is 7.49. The summed E-state index contributed by atoms with van der Waals surface area (Å²) in [5.41, 5.74) is 3.29. The van der Waals surface area contributed by atoms with Crippen LogP contribution >= 0.6 is 0 Å². The third kappa shape index (κ3) is 3.55. The van der Waals surface area contributed by atoms with Gasteiger partial charge >= 0.3 is 0 Å². The van der Waals surface area contributed by atoms with E-state index in [1.54, 1.807) is 35.5 Å². The smallest absolute Gasteiger partial charge is 0.203 e. The summed E-state index contributed by atoms with van der Waals surface area (Å²) in [5, 5.41) is 20.3. The molecule has 3 rings (SSSR count). The normalized spacial score (nSPS) is 17.6. The summed E-state index contributed by atoms with van der Waals surface area (Å²) in [7, 11) is 7.85. The summed E-state index contributed by atoms with van der Waals surface area (Å²) in [5.74, 6) is 2.04. The third-order valence-corrected chi connectivity index (χ3v) is 5.58. The number of rotatable bonds is 8. The van der Waals surface area contributed by atoms with Crippen LogP contribution in [0.2, 0.25) is 0 Å².